The molecule has 2 aromatic carbocycles. The summed E-state index contributed by atoms with van der Waals surface area (Å²) in [7, 11) is 0. The molecule has 7 heteroatoms. The number of carbonyl (C=O) groups is 2. The van der Waals surface area contributed by atoms with E-state index in [1.165, 1.54) is 0 Å². The fourth-order valence-corrected chi connectivity index (χ4v) is 2.99. The summed E-state index contributed by atoms with van der Waals surface area (Å²) < 4.78 is 5.30. The molecular formula is C23H30N2O5. The normalized spacial score (nSPS) is 14.4. The predicted molar refractivity (Wildman–Crippen MR) is 114 cm³/mol. The van der Waals surface area contributed by atoms with Gasteiger partial charge in [-0.2, -0.15) is 0 Å². The second-order valence-electron chi connectivity index (χ2n) is 8.12. The molecule has 3 atom stereocenters. The van der Waals surface area contributed by atoms with E-state index in [1.54, 1.807) is 20.8 Å². The fraction of sp³-hybridized carbons (Fsp3) is 0.391. The van der Waals surface area contributed by atoms with E-state index in [1.807, 2.05) is 60.7 Å². The molecule has 0 aliphatic heterocycles. The number of rotatable bonds is 9. The number of aliphatic hydroxyl groups is 1. The lowest BCUT2D eigenvalue weighted by atomic mass is 9.96. The molecule has 0 bridgehead atoms. The van der Waals surface area contributed by atoms with Crippen molar-refractivity contribution in [2.24, 2.45) is 0 Å². The Kier molecular flexibility index (Phi) is 8.38. The number of ether oxygens (including phenoxy) is 1. The van der Waals surface area contributed by atoms with Crippen LogP contribution in [-0.4, -0.2) is 46.1 Å². The molecule has 0 aromatic heterocycles. The van der Waals surface area contributed by atoms with E-state index in [0.717, 1.165) is 11.1 Å². The molecule has 2 rings (SSSR count). The van der Waals surface area contributed by atoms with Crippen LogP contribution in [0.2, 0.25) is 0 Å². The third kappa shape index (κ3) is 7.85. The van der Waals surface area contributed by atoms with Crippen LogP contribution in [-0.2, 0) is 22.5 Å². The molecule has 0 saturated carbocycles. The van der Waals surface area contributed by atoms with Crippen LogP contribution < -0.4 is 10.6 Å². The Labute approximate surface area is 177 Å². The SMILES string of the molecule is CC(C)(C)OC(=O)N[C@@H](Cc1ccccc1)[C@H](O)[C@@H](NCc1ccccc1)C(=O)O. The number of hydrogen-bond acceptors (Lipinski definition) is 5. The number of hydrogen-bond donors (Lipinski definition) is 4. The summed E-state index contributed by atoms with van der Waals surface area (Å²) in [6.45, 7) is 5.46. The number of aliphatic carboxylic acids is 1. The van der Waals surface area contributed by atoms with Gasteiger partial charge in [-0.3, -0.25) is 10.1 Å². The van der Waals surface area contributed by atoms with Gasteiger partial charge in [0, 0.05) is 6.54 Å². The predicted octanol–water partition coefficient (Wildman–Crippen LogP) is 2.73. The molecule has 4 N–H and O–H groups in total. The number of nitrogens with one attached hydrogen (secondary N) is 2. The first kappa shape index (κ1) is 23.4. The zero-order chi connectivity index (χ0) is 22.1. The first-order chi connectivity index (χ1) is 14.2. The average Bonchev–Trinajstić information content (AvgIpc) is 2.67. The lowest BCUT2D eigenvalue weighted by Gasteiger charge is -2.30. The summed E-state index contributed by atoms with van der Waals surface area (Å²) in [5.74, 6) is -1.21. The molecule has 0 aliphatic rings. The Hall–Kier alpha value is -2.90. The van der Waals surface area contributed by atoms with Crippen LogP contribution in [0.1, 0.15) is 31.9 Å². The molecule has 162 valence electrons. The van der Waals surface area contributed by atoms with Crippen molar-refractivity contribution in [1.82, 2.24) is 10.6 Å². The lowest BCUT2D eigenvalue weighted by Crippen LogP contribution is -2.57. The fourth-order valence-electron chi connectivity index (χ4n) is 2.99. The van der Waals surface area contributed by atoms with E-state index in [9.17, 15) is 19.8 Å². The van der Waals surface area contributed by atoms with Crippen LogP contribution in [0.25, 0.3) is 0 Å². The molecule has 0 saturated heterocycles. The minimum Gasteiger partial charge on any atom is -0.480 e. The highest BCUT2D eigenvalue weighted by Crippen LogP contribution is 2.13. The third-order valence-electron chi connectivity index (χ3n) is 4.39. The zero-order valence-electron chi connectivity index (χ0n) is 17.5. The van der Waals surface area contributed by atoms with Gasteiger partial charge in [0.25, 0.3) is 0 Å². The van der Waals surface area contributed by atoms with E-state index in [2.05, 4.69) is 10.6 Å². The van der Waals surface area contributed by atoms with Gasteiger partial charge in [-0.15, -0.1) is 0 Å². The highest BCUT2D eigenvalue weighted by atomic mass is 16.6. The lowest BCUT2D eigenvalue weighted by molar-refractivity contribution is -0.143. The Bertz CT molecular complexity index is 805. The van der Waals surface area contributed by atoms with Crippen molar-refractivity contribution in [3.63, 3.8) is 0 Å². The highest BCUT2D eigenvalue weighted by molar-refractivity contribution is 5.75. The van der Waals surface area contributed by atoms with Gasteiger partial charge in [0.2, 0.25) is 0 Å². The molecule has 1 amide bonds. The third-order valence-corrected chi connectivity index (χ3v) is 4.39. The molecular weight excluding hydrogens is 384 g/mol. The minimum absolute atomic E-state index is 0.248. The summed E-state index contributed by atoms with van der Waals surface area (Å²) in [6.07, 6.45) is -1.86. The van der Waals surface area contributed by atoms with Crippen LogP contribution in [0.15, 0.2) is 60.7 Å². The van der Waals surface area contributed by atoms with Crippen molar-refractivity contribution in [3.8, 4) is 0 Å². The number of carboxylic acid groups (broad SMARTS) is 1. The number of alkyl carbamates (subject to hydrolysis) is 1. The van der Waals surface area contributed by atoms with Crippen LogP contribution in [0.5, 0.6) is 0 Å². The molecule has 7 nitrogen and oxygen atoms in total. The van der Waals surface area contributed by atoms with Gasteiger partial charge >= 0.3 is 12.1 Å². The van der Waals surface area contributed by atoms with Gasteiger partial charge in [0.1, 0.15) is 17.7 Å². The van der Waals surface area contributed by atoms with Crippen molar-refractivity contribution in [2.45, 2.75) is 57.5 Å². The zero-order valence-corrected chi connectivity index (χ0v) is 17.5. The van der Waals surface area contributed by atoms with Gasteiger partial charge in [-0.05, 0) is 38.3 Å². The highest BCUT2D eigenvalue weighted by Gasteiger charge is 2.34. The standard InChI is InChI=1S/C23H30N2O5/c1-23(2,3)30-22(29)25-18(14-16-10-6-4-7-11-16)20(26)19(21(27)28)24-15-17-12-8-5-9-13-17/h4-13,18-20,24,26H,14-15H2,1-3H3,(H,25,29)(H,27,28)/t18-,19+,20-/m0/s1. The Morgan fingerprint density at radius 3 is 2.00 bits per heavy atom. The molecule has 0 heterocycles. The summed E-state index contributed by atoms with van der Waals surface area (Å²) in [4.78, 5) is 24.2. The number of carboxylic acids is 1. The smallest absolute Gasteiger partial charge is 0.407 e. The van der Waals surface area contributed by atoms with E-state index in [-0.39, 0.29) is 13.0 Å². The Morgan fingerprint density at radius 1 is 0.967 bits per heavy atom. The number of benzene rings is 2. The van der Waals surface area contributed by atoms with Gasteiger partial charge in [0.15, 0.2) is 0 Å². The number of carbonyl (C=O) groups excluding carboxylic acids is 1. The van der Waals surface area contributed by atoms with Crippen LogP contribution in [0.3, 0.4) is 0 Å². The summed E-state index contributed by atoms with van der Waals surface area (Å²) in [5, 5.41) is 26.1. The first-order valence-corrected chi connectivity index (χ1v) is 9.87. The van der Waals surface area contributed by atoms with E-state index in [0.29, 0.717) is 0 Å². The van der Waals surface area contributed by atoms with E-state index >= 15 is 0 Å². The van der Waals surface area contributed by atoms with Gasteiger partial charge in [-0.1, -0.05) is 60.7 Å². The second-order valence-corrected chi connectivity index (χ2v) is 8.12. The van der Waals surface area contributed by atoms with E-state index < -0.39 is 35.9 Å². The monoisotopic (exact) mass is 414 g/mol. The van der Waals surface area contributed by atoms with Crippen molar-refractivity contribution in [2.75, 3.05) is 0 Å². The van der Waals surface area contributed by atoms with Crippen molar-refractivity contribution < 1.29 is 24.5 Å². The van der Waals surface area contributed by atoms with Crippen LogP contribution in [0, 0.1) is 0 Å². The van der Waals surface area contributed by atoms with E-state index in [4.69, 9.17) is 4.74 Å². The van der Waals surface area contributed by atoms with Gasteiger partial charge in [0.05, 0.1) is 6.04 Å². The van der Waals surface area contributed by atoms with Crippen molar-refractivity contribution >= 4 is 12.1 Å². The molecule has 0 fully saturated rings. The van der Waals surface area contributed by atoms with Gasteiger partial charge in [-0.25, -0.2) is 4.79 Å². The maximum Gasteiger partial charge on any atom is 0.407 e. The topological polar surface area (TPSA) is 108 Å². The molecule has 0 radical (unpaired) electrons. The maximum absolute atomic E-state index is 12.3. The van der Waals surface area contributed by atoms with Gasteiger partial charge < -0.3 is 20.3 Å². The summed E-state index contributed by atoms with van der Waals surface area (Å²) in [6, 6.07) is 16.4. The van der Waals surface area contributed by atoms with Crippen LogP contribution in [0.4, 0.5) is 4.79 Å². The average molecular weight is 415 g/mol. The molecule has 2 aromatic rings. The largest absolute Gasteiger partial charge is 0.480 e. The first-order valence-electron chi connectivity index (χ1n) is 9.87. The second kappa shape index (κ2) is 10.8. The van der Waals surface area contributed by atoms with Crippen molar-refractivity contribution in [1.29, 1.82) is 0 Å². The number of aliphatic hydroxyl groups excluding tert-OH is 1. The summed E-state index contributed by atoms with van der Waals surface area (Å²) >= 11 is 0. The van der Waals surface area contributed by atoms with Crippen LogP contribution >= 0.6 is 0 Å². The van der Waals surface area contributed by atoms with Crippen molar-refractivity contribution in [3.05, 3.63) is 71.8 Å². The molecule has 0 unspecified atom stereocenters. The summed E-state index contributed by atoms with van der Waals surface area (Å²) in [5.41, 5.74) is 1.02. The Balaban J connectivity index is 2.17. The molecule has 0 spiro atoms. The number of amides is 1. The molecule has 0 aliphatic carbocycles. The maximum atomic E-state index is 12.3. The molecule has 30 heavy (non-hydrogen) atoms. The minimum atomic E-state index is -1.39. The Morgan fingerprint density at radius 2 is 1.50 bits per heavy atom. The quantitative estimate of drug-likeness (QED) is 0.503.